The number of aryl methyl sites for hydroxylation is 1. The highest BCUT2D eigenvalue weighted by Gasteiger charge is 2.52. The van der Waals surface area contributed by atoms with Crippen molar-refractivity contribution < 1.29 is 0 Å². The second-order valence-electron chi connectivity index (χ2n) is 9.34. The molecule has 0 aliphatic heterocycles. The Labute approximate surface area is 152 Å². The molecule has 4 fully saturated rings. The van der Waals surface area contributed by atoms with E-state index in [1.165, 1.54) is 55.0 Å². The molecule has 1 N–H and O–H groups in total. The Morgan fingerprint density at radius 2 is 1.72 bits per heavy atom. The van der Waals surface area contributed by atoms with Crippen molar-refractivity contribution in [1.82, 2.24) is 9.88 Å². The molecule has 0 amide bonds. The number of nitrogens with zero attached hydrogens (tertiary/aromatic N) is 1. The van der Waals surface area contributed by atoms with Crippen molar-refractivity contribution in [2.75, 3.05) is 0 Å². The molecule has 4 aliphatic carbocycles. The van der Waals surface area contributed by atoms with Crippen molar-refractivity contribution in [3.8, 4) is 0 Å². The summed E-state index contributed by atoms with van der Waals surface area (Å²) in [5, 5.41) is 5.40. The summed E-state index contributed by atoms with van der Waals surface area (Å²) in [5.74, 6) is 3.12. The average molecular weight is 337 g/mol. The van der Waals surface area contributed by atoms with Gasteiger partial charge in [0.15, 0.2) is 0 Å². The quantitative estimate of drug-likeness (QED) is 0.778. The number of para-hydroxylation sites is 1. The van der Waals surface area contributed by atoms with Crippen molar-refractivity contribution in [2.45, 2.75) is 71.5 Å². The van der Waals surface area contributed by atoms with Crippen molar-refractivity contribution in [1.29, 1.82) is 0 Å². The third kappa shape index (κ3) is 2.56. The van der Waals surface area contributed by atoms with Gasteiger partial charge < -0.3 is 9.88 Å². The summed E-state index contributed by atoms with van der Waals surface area (Å²) in [6.45, 7) is 6.77. The van der Waals surface area contributed by atoms with Crippen molar-refractivity contribution in [3.05, 3.63) is 36.0 Å². The Morgan fingerprint density at radius 3 is 2.36 bits per heavy atom. The maximum absolute atomic E-state index is 3.97. The molecule has 0 spiro atoms. The van der Waals surface area contributed by atoms with Crippen LogP contribution in [0.4, 0.5) is 0 Å². The Morgan fingerprint density at radius 1 is 1.08 bits per heavy atom. The molecule has 2 heteroatoms. The van der Waals surface area contributed by atoms with Crippen LogP contribution in [0.25, 0.3) is 10.9 Å². The van der Waals surface area contributed by atoms with Gasteiger partial charge in [0.25, 0.3) is 0 Å². The molecule has 0 radical (unpaired) electrons. The first-order valence-corrected chi connectivity index (χ1v) is 10.5. The Balaban J connectivity index is 1.35. The SMILES string of the molecule is CCn1cc(CN[C@@H](C)C23CC4CC(CC(C4)C2)C3)c2ccccc21. The molecule has 6 rings (SSSR count). The zero-order valence-electron chi connectivity index (χ0n) is 15.8. The molecule has 0 saturated heterocycles. The molecular formula is C23H32N2. The molecule has 1 aromatic heterocycles. The number of benzene rings is 1. The zero-order chi connectivity index (χ0) is 17.0. The van der Waals surface area contributed by atoms with Crippen LogP contribution in [0.1, 0.15) is 57.9 Å². The Hall–Kier alpha value is -1.28. The van der Waals surface area contributed by atoms with Crippen LogP contribution in [-0.4, -0.2) is 10.6 Å². The van der Waals surface area contributed by atoms with Gasteiger partial charge in [-0.15, -0.1) is 0 Å². The molecule has 2 nitrogen and oxygen atoms in total. The van der Waals surface area contributed by atoms with Gasteiger partial charge in [0.2, 0.25) is 0 Å². The lowest BCUT2D eigenvalue weighted by Gasteiger charge is -2.59. The van der Waals surface area contributed by atoms with Gasteiger partial charge in [0.05, 0.1) is 0 Å². The van der Waals surface area contributed by atoms with E-state index in [9.17, 15) is 0 Å². The smallest absolute Gasteiger partial charge is 0.0483 e. The molecular weight excluding hydrogens is 304 g/mol. The Kier molecular flexibility index (Phi) is 3.74. The average Bonchev–Trinajstić information content (AvgIpc) is 2.96. The van der Waals surface area contributed by atoms with Gasteiger partial charge in [0.1, 0.15) is 0 Å². The van der Waals surface area contributed by atoms with Gasteiger partial charge >= 0.3 is 0 Å². The molecule has 4 aliphatic rings. The summed E-state index contributed by atoms with van der Waals surface area (Å²) < 4.78 is 2.39. The highest BCUT2D eigenvalue weighted by Crippen LogP contribution is 2.61. The van der Waals surface area contributed by atoms with E-state index in [-0.39, 0.29) is 0 Å². The topological polar surface area (TPSA) is 17.0 Å². The maximum Gasteiger partial charge on any atom is 0.0483 e. The number of nitrogens with one attached hydrogen (secondary N) is 1. The Bertz CT molecular complexity index is 736. The molecule has 4 bridgehead atoms. The number of hydrogen-bond donors (Lipinski definition) is 1. The van der Waals surface area contributed by atoms with E-state index in [0.717, 1.165) is 30.8 Å². The van der Waals surface area contributed by atoms with E-state index in [1.807, 2.05) is 0 Å². The second kappa shape index (κ2) is 5.87. The standard InChI is InChI=1S/C23H32N2/c1-3-25-15-20(21-6-4-5-7-22(21)25)14-24-16(2)23-11-17-8-18(12-23)10-19(9-17)13-23/h4-7,15-19,24H,3,8-14H2,1-2H3/t16-,17?,18?,19?,23?/m0/s1. The van der Waals surface area contributed by atoms with Crippen molar-refractivity contribution in [3.63, 3.8) is 0 Å². The predicted molar refractivity (Wildman–Crippen MR) is 105 cm³/mol. The van der Waals surface area contributed by atoms with Gasteiger partial charge in [-0.2, -0.15) is 0 Å². The van der Waals surface area contributed by atoms with Crippen molar-refractivity contribution in [2.24, 2.45) is 23.2 Å². The number of aromatic nitrogens is 1. The van der Waals surface area contributed by atoms with Gasteiger partial charge in [0, 0.05) is 36.2 Å². The molecule has 25 heavy (non-hydrogen) atoms. The normalized spacial score (nSPS) is 34.7. The summed E-state index contributed by atoms with van der Waals surface area (Å²) in [5.41, 5.74) is 3.44. The number of hydrogen-bond acceptors (Lipinski definition) is 1. The molecule has 0 unspecified atom stereocenters. The van der Waals surface area contributed by atoms with Gasteiger partial charge in [-0.25, -0.2) is 0 Å². The highest BCUT2D eigenvalue weighted by molar-refractivity contribution is 5.83. The first kappa shape index (κ1) is 15.9. The minimum atomic E-state index is 0.595. The van der Waals surface area contributed by atoms with Crippen LogP contribution in [0.5, 0.6) is 0 Å². The minimum absolute atomic E-state index is 0.595. The minimum Gasteiger partial charge on any atom is -0.347 e. The largest absolute Gasteiger partial charge is 0.347 e. The van der Waals surface area contributed by atoms with Crippen LogP contribution in [0.3, 0.4) is 0 Å². The molecule has 1 aromatic carbocycles. The third-order valence-corrected chi connectivity index (χ3v) is 7.81. The lowest BCUT2D eigenvalue weighted by Crippen LogP contribution is -2.54. The second-order valence-corrected chi connectivity index (χ2v) is 9.34. The van der Waals surface area contributed by atoms with Crippen LogP contribution < -0.4 is 5.32 Å². The molecule has 4 saturated carbocycles. The van der Waals surface area contributed by atoms with E-state index in [4.69, 9.17) is 0 Å². The van der Waals surface area contributed by atoms with E-state index in [0.29, 0.717) is 11.5 Å². The summed E-state index contributed by atoms with van der Waals surface area (Å²) >= 11 is 0. The summed E-state index contributed by atoms with van der Waals surface area (Å²) in [4.78, 5) is 0. The van der Waals surface area contributed by atoms with Gasteiger partial charge in [-0.3, -0.25) is 0 Å². The lowest BCUT2D eigenvalue weighted by molar-refractivity contribution is -0.0706. The number of rotatable bonds is 5. The fourth-order valence-electron chi connectivity index (χ4n) is 6.91. The van der Waals surface area contributed by atoms with Crippen molar-refractivity contribution >= 4 is 10.9 Å². The fraction of sp³-hybridized carbons (Fsp3) is 0.652. The number of fused-ring (bicyclic) bond motifs is 1. The van der Waals surface area contributed by atoms with E-state index < -0.39 is 0 Å². The molecule has 134 valence electrons. The summed E-state index contributed by atoms with van der Waals surface area (Å²) in [6.07, 6.45) is 11.4. The van der Waals surface area contributed by atoms with Gasteiger partial charge in [-0.1, -0.05) is 18.2 Å². The fourth-order valence-corrected chi connectivity index (χ4v) is 6.91. The van der Waals surface area contributed by atoms with Gasteiger partial charge in [-0.05, 0) is 87.2 Å². The van der Waals surface area contributed by atoms with Crippen LogP contribution in [0.15, 0.2) is 30.5 Å². The van der Waals surface area contributed by atoms with Crippen LogP contribution in [0.2, 0.25) is 0 Å². The van der Waals surface area contributed by atoms with E-state index in [2.05, 4.69) is 54.2 Å². The highest BCUT2D eigenvalue weighted by atomic mass is 15.0. The van der Waals surface area contributed by atoms with Crippen LogP contribution in [-0.2, 0) is 13.1 Å². The summed E-state index contributed by atoms with van der Waals surface area (Å²) in [6, 6.07) is 9.52. The zero-order valence-corrected chi connectivity index (χ0v) is 15.8. The first-order chi connectivity index (χ1) is 12.2. The molecule has 2 aromatic rings. The maximum atomic E-state index is 3.97. The third-order valence-electron chi connectivity index (χ3n) is 7.81. The molecule has 1 atom stereocenters. The summed E-state index contributed by atoms with van der Waals surface area (Å²) in [7, 11) is 0. The first-order valence-electron chi connectivity index (χ1n) is 10.5. The van der Waals surface area contributed by atoms with E-state index >= 15 is 0 Å². The van der Waals surface area contributed by atoms with Crippen LogP contribution in [0, 0.1) is 23.2 Å². The van der Waals surface area contributed by atoms with E-state index in [1.54, 1.807) is 0 Å². The van der Waals surface area contributed by atoms with Crippen LogP contribution >= 0.6 is 0 Å². The lowest BCUT2D eigenvalue weighted by atomic mass is 9.48. The molecule has 1 heterocycles. The monoisotopic (exact) mass is 336 g/mol. The predicted octanol–water partition coefficient (Wildman–Crippen LogP) is 5.36.